The summed E-state index contributed by atoms with van der Waals surface area (Å²) in [5.74, 6) is 2.05. The number of halogens is 1. The summed E-state index contributed by atoms with van der Waals surface area (Å²) >= 11 is 5.84. The highest BCUT2D eigenvalue weighted by atomic mass is 35.5. The van der Waals surface area contributed by atoms with Gasteiger partial charge in [-0.2, -0.15) is 0 Å². The summed E-state index contributed by atoms with van der Waals surface area (Å²) in [6.07, 6.45) is 7.73. The van der Waals surface area contributed by atoms with Gasteiger partial charge < -0.3 is 0 Å². The Kier molecular flexibility index (Phi) is 4.33. The van der Waals surface area contributed by atoms with Gasteiger partial charge in [0.2, 0.25) is 5.91 Å². The molecule has 0 radical (unpaired) electrons. The van der Waals surface area contributed by atoms with Crippen LogP contribution in [0, 0.1) is 23.2 Å². The molecule has 4 aliphatic rings. The van der Waals surface area contributed by atoms with Crippen LogP contribution in [0.15, 0.2) is 29.2 Å². The molecule has 4 saturated carbocycles. The molecule has 0 saturated heterocycles. The van der Waals surface area contributed by atoms with Gasteiger partial charge in [-0.3, -0.25) is 10.2 Å². The summed E-state index contributed by atoms with van der Waals surface area (Å²) in [7, 11) is -3.81. The number of hydrogen-bond donors (Lipinski definition) is 2. The van der Waals surface area contributed by atoms with Crippen LogP contribution in [-0.2, 0) is 14.8 Å². The SMILES string of the molecule is O=C(CC12CC3CC(CC(C3)C1)C2)NNS(=O)(=O)c1cccc(Cl)c1. The Morgan fingerprint density at radius 1 is 1.12 bits per heavy atom. The molecule has 0 aromatic heterocycles. The third-order valence-corrected chi connectivity index (χ3v) is 7.61. The summed E-state index contributed by atoms with van der Waals surface area (Å²) < 4.78 is 24.5. The monoisotopic (exact) mass is 382 g/mol. The standard InChI is InChI=1S/C18H23ClN2O3S/c19-15-2-1-3-16(7-15)25(23,24)21-20-17(22)11-18-8-12-4-13(9-18)6-14(5-12)10-18/h1-3,7,12-14,21H,4-6,8-11H2,(H,20,22). The van der Waals surface area contributed by atoms with E-state index in [4.69, 9.17) is 11.6 Å². The Bertz CT molecular complexity index is 758. The highest BCUT2D eigenvalue weighted by molar-refractivity contribution is 7.89. The predicted octanol–water partition coefficient (Wildman–Crippen LogP) is 3.26. The van der Waals surface area contributed by atoms with Gasteiger partial charge in [-0.15, -0.1) is 4.83 Å². The molecule has 1 aromatic rings. The van der Waals surface area contributed by atoms with E-state index in [0.29, 0.717) is 11.4 Å². The molecule has 1 amide bonds. The van der Waals surface area contributed by atoms with Gasteiger partial charge in [0.15, 0.2) is 0 Å². The van der Waals surface area contributed by atoms with Crippen LogP contribution in [0.5, 0.6) is 0 Å². The number of carbonyl (C=O) groups is 1. The Hall–Kier alpha value is -1.11. The van der Waals surface area contributed by atoms with Crippen molar-refractivity contribution in [2.75, 3.05) is 0 Å². The molecular weight excluding hydrogens is 360 g/mol. The molecule has 5 nitrogen and oxygen atoms in total. The number of nitrogens with one attached hydrogen (secondary N) is 2. The smallest absolute Gasteiger partial charge is 0.257 e. The third-order valence-electron chi connectivity index (χ3n) is 6.13. The van der Waals surface area contributed by atoms with E-state index in [1.807, 2.05) is 0 Å². The number of benzene rings is 1. The van der Waals surface area contributed by atoms with Crippen molar-refractivity contribution in [2.24, 2.45) is 23.2 Å². The van der Waals surface area contributed by atoms with Crippen molar-refractivity contribution >= 4 is 27.5 Å². The lowest BCUT2D eigenvalue weighted by molar-refractivity contribution is -0.129. The second-order valence-corrected chi connectivity index (χ2v) is 10.3. The van der Waals surface area contributed by atoms with Gasteiger partial charge in [-0.1, -0.05) is 17.7 Å². The van der Waals surface area contributed by atoms with Gasteiger partial charge in [0, 0.05) is 11.4 Å². The molecule has 7 heteroatoms. The molecule has 0 heterocycles. The Morgan fingerprint density at radius 3 is 2.28 bits per heavy atom. The van der Waals surface area contributed by atoms with Crippen LogP contribution >= 0.6 is 11.6 Å². The van der Waals surface area contributed by atoms with E-state index < -0.39 is 10.0 Å². The lowest BCUT2D eigenvalue weighted by Crippen LogP contribution is -2.50. The fraction of sp³-hybridized carbons (Fsp3) is 0.611. The summed E-state index contributed by atoms with van der Waals surface area (Å²) in [6.45, 7) is 0. The fourth-order valence-corrected chi connectivity index (χ4v) is 6.87. The van der Waals surface area contributed by atoms with E-state index in [-0.39, 0.29) is 16.2 Å². The van der Waals surface area contributed by atoms with Gasteiger partial charge in [-0.25, -0.2) is 8.42 Å². The lowest BCUT2D eigenvalue weighted by Gasteiger charge is -2.56. The summed E-state index contributed by atoms with van der Waals surface area (Å²) in [5, 5.41) is 0.336. The molecule has 2 N–H and O–H groups in total. The quantitative estimate of drug-likeness (QED) is 0.767. The fourth-order valence-electron chi connectivity index (χ4n) is 5.71. The first-order valence-electron chi connectivity index (χ1n) is 8.90. The van der Waals surface area contributed by atoms with Gasteiger partial charge in [-0.05, 0) is 79.9 Å². The van der Waals surface area contributed by atoms with Crippen LogP contribution in [0.3, 0.4) is 0 Å². The Balaban J connectivity index is 1.38. The molecule has 0 atom stereocenters. The number of hydrogen-bond acceptors (Lipinski definition) is 3. The lowest BCUT2D eigenvalue weighted by atomic mass is 9.49. The van der Waals surface area contributed by atoms with Crippen molar-refractivity contribution in [3.05, 3.63) is 29.3 Å². The van der Waals surface area contributed by atoms with Gasteiger partial charge in [0.05, 0.1) is 4.90 Å². The normalized spacial score (nSPS) is 33.4. The van der Waals surface area contributed by atoms with Gasteiger partial charge in [0.25, 0.3) is 10.0 Å². The van der Waals surface area contributed by atoms with Gasteiger partial charge >= 0.3 is 0 Å². The Labute approximate surface area is 153 Å². The van der Waals surface area contributed by atoms with Crippen molar-refractivity contribution in [2.45, 2.75) is 49.8 Å². The number of carbonyl (C=O) groups excluding carboxylic acids is 1. The van der Waals surface area contributed by atoms with Crippen molar-refractivity contribution in [1.82, 2.24) is 10.3 Å². The first-order chi connectivity index (χ1) is 11.8. The second kappa shape index (κ2) is 6.25. The van der Waals surface area contributed by atoms with Crippen LogP contribution in [0.1, 0.15) is 44.9 Å². The van der Waals surface area contributed by atoms with E-state index in [2.05, 4.69) is 10.3 Å². The van der Waals surface area contributed by atoms with Crippen molar-refractivity contribution in [1.29, 1.82) is 0 Å². The molecule has 4 bridgehead atoms. The number of hydrazine groups is 1. The maximum Gasteiger partial charge on any atom is 0.257 e. The zero-order valence-electron chi connectivity index (χ0n) is 14.0. The largest absolute Gasteiger partial charge is 0.278 e. The molecule has 4 fully saturated rings. The van der Waals surface area contributed by atoms with Crippen LogP contribution < -0.4 is 10.3 Å². The maximum absolute atomic E-state index is 12.4. The molecule has 0 spiro atoms. The van der Waals surface area contributed by atoms with E-state index in [0.717, 1.165) is 37.0 Å². The molecule has 25 heavy (non-hydrogen) atoms. The molecule has 0 unspecified atom stereocenters. The van der Waals surface area contributed by atoms with Crippen LogP contribution in [-0.4, -0.2) is 14.3 Å². The first-order valence-corrected chi connectivity index (χ1v) is 10.8. The average Bonchev–Trinajstić information content (AvgIpc) is 2.51. The van der Waals surface area contributed by atoms with Gasteiger partial charge in [0.1, 0.15) is 0 Å². The molecule has 5 rings (SSSR count). The molecular formula is C18H23ClN2O3S. The van der Waals surface area contributed by atoms with E-state index in [1.165, 1.54) is 31.4 Å². The minimum Gasteiger partial charge on any atom is -0.278 e. The molecule has 1 aromatic carbocycles. The van der Waals surface area contributed by atoms with Crippen LogP contribution in [0.4, 0.5) is 0 Å². The minimum absolute atomic E-state index is 0.0371. The zero-order valence-corrected chi connectivity index (χ0v) is 15.6. The van der Waals surface area contributed by atoms with Crippen LogP contribution in [0.25, 0.3) is 0 Å². The second-order valence-electron chi connectivity index (χ2n) is 8.21. The van der Waals surface area contributed by atoms with E-state index >= 15 is 0 Å². The van der Waals surface area contributed by atoms with Crippen LogP contribution in [0.2, 0.25) is 5.02 Å². The van der Waals surface area contributed by atoms with Crippen molar-refractivity contribution in [3.63, 3.8) is 0 Å². The summed E-state index contributed by atoms with van der Waals surface area (Å²) in [4.78, 5) is 14.6. The number of rotatable bonds is 5. The average molecular weight is 383 g/mol. The highest BCUT2D eigenvalue weighted by Gasteiger charge is 2.51. The highest BCUT2D eigenvalue weighted by Crippen LogP contribution is 2.61. The predicted molar refractivity (Wildman–Crippen MR) is 95.1 cm³/mol. The third kappa shape index (κ3) is 3.57. The number of amides is 1. The summed E-state index contributed by atoms with van der Waals surface area (Å²) in [6, 6.07) is 5.97. The minimum atomic E-state index is -3.81. The first kappa shape index (κ1) is 17.3. The molecule has 0 aliphatic heterocycles. The van der Waals surface area contributed by atoms with Crippen molar-refractivity contribution in [3.8, 4) is 0 Å². The summed E-state index contributed by atoms with van der Waals surface area (Å²) in [5.41, 5.74) is 2.48. The van der Waals surface area contributed by atoms with E-state index in [1.54, 1.807) is 12.1 Å². The maximum atomic E-state index is 12.4. The molecule has 4 aliphatic carbocycles. The number of sulfonamides is 1. The van der Waals surface area contributed by atoms with Crippen molar-refractivity contribution < 1.29 is 13.2 Å². The van der Waals surface area contributed by atoms with E-state index in [9.17, 15) is 13.2 Å². The zero-order chi connectivity index (χ0) is 17.7. The Morgan fingerprint density at radius 2 is 1.72 bits per heavy atom. The molecule has 136 valence electrons. The topological polar surface area (TPSA) is 75.3 Å².